The zero-order valence-corrected chi connectivity index (χ0v) is 7.50. The van der Waals surface area contributed by atoms with Gasteiger partial charge in [-0.25, -0.2) is 0 Å². The molecule has 0 aliphatic rings. The molecule has 1 unspecified atom stereocenters. The second-order valence-electron chi connectivity index (χ2n) is 2.78. The van der Waals surface area contributed by atoms with Gasteiger partial charge in [-0.1, -0.05) is 6.92 Å². The molecule has 0 saturated heterocycles. The van der Waals surface area contributed by atoms with Crippen molar-refractivity contribution in [3.8, 4) is 0 Å². The number of hydrogen-bond acceptors (Lipinski definition) is 3. The number of methoxy groups -OCH3 is 1. The van der Waals surface area contributed by atoms with E-state index < -0.39 is 0 Å². The summed E-state index contributed by atoms with van der Waals surface area (Å²) in [6.07, 6.45) is 1.63. The molecule has 12 heavy (non-hydrogen) atoms. The number of esters is 1. The summed E-state index contributed by atoms with van der Waals surface area (Å²) in [7, 11) is 1.35. The van der Waals surface area contributed by atoms with E-state index in [2.05, 4.69) is 4.74 Å². The van der Waals surface area contributed by atoms with E-state index in [9.17, 15) is 9.59 Å². The summed E-state index contributed by atoms with van der Waals surface area (Å²) in [5, 5.41) is 0. The van der Waals surface area contributed by atoms with E-state index in [4.69, 9.17) is 5.73 Å². The Bertz CT molecular complexity index is 168. The zero-order valence-electron chi connectivity index (χ0n) is 7.50. The van der Waals surface area contributed by atoms with Gasteiger partial charge in [-0.15, -0.1) is 0 Å². The molecule has 4 nitrogen and oxygen atoms in total. The van der Waals surface area contributed by atoms with Gasteiger partial charge in [-0.05, 0) is 12.8 Å². The van der Waals surface area contributed by atoms with Crippen LogP contribution in [0.2, 0.25) is 0 Å². The minimum absolute atomic E-state index is 0.144. The van der Waals surface area contributed by atoms with Crippen LogP contribution in [0.15, 0.2) is 0 Å². The monoisotopic (exact) mass is 173 g/mol. The van der Waals surface area contributed by atoms with Crippen LogP contribution in [0, 0.1) is 5.92 Å². The first-order valence-corrected chi connectivity index (χ1v) is 3.94. The molecule has 0 aromatic heterocycles. The first kappa shape index (κ1) is 10.9. The van der Waals surface area contributed by atoms with Crippen molar-refractivity contribution in [1.29, 1.82) is 0 Å². The molecular formula is C8H15NO3. The lowest BCUT2D eigenvalue weighted by Crippen LogP contribution is -2.14. The van der Waals surface area contributed by atoms with Gasteiger partial charge in [0.15, 0.2) is 0 Å². The molecule has 0 rings (SSSR count). The highest BCUT2D eigenvalue weighted by molar-refractivity contribution is 5.74. The summed E-state index contributed by atoms with van der Waals surface area (Å²) in [5.41, 5.74) is 4.93. The molecule has 0 bridgehead atoms. The highest BCUT2D eigenvalue weighted by Gasteiger charge is 2.12. The number of carbonyl (C=O) groups is 2. The molecule has 1 atom stereocenters. The van der Waals surface area contributed by atoms with E-state index in [1.807, 2.05) is 0 Å². The third kappa shape index (κ3) is 4.71. The van der Waals surface area contributed by atoms with Gasteiger partial charge >= 0.3 is 5.97 Å². The molecule has 4 heteroatoms. The number of hydrogen-bond donors (Lipinski definition) is 1. The molecule has 0 radical (unpaired) electrons. The minimum atomic E-state index is -0.327. The van der Waals surface area contributed by atoms with Crippen molar-refractivity contribution in [2.75, 3.05) is 7.11 Å². The SMILES string of the molecule is COC(=O)C(C)CCCC(N)=O. The second kappa shape index (κ2) is 5.57. The average molecular weight is 173 g/mol. The van der Waals surface area contributed by atoms with Crippen LogP contribution >= 0.6 is 0 Å². The fourth-order valence-electron chi connectivity index (χ4n) is 0.902. The Hall–Kier alpha value is -1.06. The third-order valence-electron chi connectivity index (χ3n) is 1.66. The molecule has 0 aliphatic heterocycles. The van der Waals surface area contributed by atoms with Crippen LogP contribution in [0.25, 0.3) is 0 Å². The van der Waals surface area contributed by atoms with E-state index in [1.165, 1.54) is 7.11 Å². The molecule has 1 amide bonds. The lowest BCUT2D eigenvalue weighted by Gasteiger charge is -2.06. The Balaban J connectivity index is 3.50. The molecular weight excluding hydrogens is 158 g/mol. The summed E-state index contributed by atoms with van der Waals surface area (Å²) in [6.45, 7) is 1.77. The summed E-state index contributed by atoms with van der Waals surface area (Å²) in [6, 6.07) is 0. The van der Waals surface area contributed by atoms with Crippen LogP contribution in [0.5, 0.6) is 0 Å². The van der Waals surface area contributed by atoms with Gasteiger partial charge in [0.05, 0.1) is 13.0 Å². The quantitative estimate of drug-likeness (QED) is 0.614. The van der Waals surface area contributed by atoms with Crippen molar-refractivity contribution in [3.63, 3.8) is 0 Å². The standard InChI is InChI=1S/C8H15NO3/c1-6(8(11)12-2)4-3-5-7(9)10/h6H,3-5H2,1-2H3,(H2,9,10). The van der Waals surface area contributed by atoms with Crippen molar-refractivity contribution in [2.24, 2.45) is 11.7 Å². The normalized spacial score (nSPS) is 12.2. The van der Waals surface area contributed by atoms with Crippen molar-refractivity contribution >= 4 is 11.9 Å². The topological polar surface area (TPSA) is 69.4 Å². The zero-order chi connectivity index (χ0) is 9.56. The molecule has 0 aromatic rings. The fraction of sp³-hybridized carbons (Fsp3) is 0.750. The molecule has 0 saturated carbocycles. The third-order valence-corrected chi connectivity index (χ3v) is 1.66. The predicted molar refractivity (Wildman–Crippen MR) is 44.2 cm³/mol. The maximum atomic E-state index is 10.8. The Morgan fingerprint density at radius 3 is 2.50 bits per heavy atom. The first-order chi connectivity index (χ1) is 5.57. The Labute approximate surface area is 72.1 Å². The molecule has 0 aromatic carbocycles. The van der Waals surface area contributed by atoms with Crippen LogP contribution in [-0.4, -0.2) is 19.0 Å². The van der Waals surface area contributed by atoms with Crippen LogP contribution in [-0.2, 0) is 14.3 Å². The smallest absolute Gasteiger partial charge is 0.308 e. The van der Waals surface area contributed by atoms with Crippen LogP contribution in [0.3, 0.4) is 0 Å². The highest BCUT2D eigenvalue weighted by Crippen LogP contribution is 2.08. The number of ether oxygens (including phenoxy) is 1. The Morgan fingerprint density at radius 2 is 2.08 bits per heavy atom. The first-order valence-electron chi connectivity index (χ1n) is 3.94. The van der Waals surface area contributed by atoms with Crippen molar-refractivity contribution < 1.29 is 14.3 Å². The van der Waals surface area contributed by atoms with Gasteiger partial charge in [-0.3, -0.25) is 9.59 Å². The van der Waals surface area contributed by atoms with Crippen LogP contribution in [0.4, 0.5) is 0 Å². The predicted octanol–water partition coefficient (Wildman–Crippen LogP) is 0.451. The molecule has 2 N–H and O–H groups in total. The average Bonchev–Trinajstić information content (AvgIpc) is 2.02. The van der Waals surface area contributed by atoms with E-state index in [0.29, 0.717) is 19.3 Å². The van der Waals surface area contributed by atoms with Gasteiger partial charge in [-0.2, -0.15) is 0 Å². The number of primary amides is 1. The number of carbonyl (C=O) groups excluding carboxylic acids is 2. The van der Waals surface area contributed by atoms with Crippen molar-refractivity contribution in [2.45, 2.75) is 26.2 Å². The summed E-state index contributed by atoms with van der Waals surface area (Å²) >= 11 is 0. The van der Waals surface area contributed by atoms with E-state index in [0.717, 1.165) is 0 Å². The Morgan fingerprint density at radius 1 is 1.50 bits per heavy atom. The van der Waals surface area contributed by atoms with Crippen LogP contribution in [0.1, 0.15) is 26.2 Å². The van der Waals surface area contributed by atoms with Crippen molar-refractivity contribution in [1.82, 2.24) is 0 Å². The number of amides is 1. The summed E-state index contributed by atoms with van der Waals surface area (Å²) in [4.78, 5) is 21.2. The maximum Gasteiger partial charge on any atom is 0.308 e. The number of nitrogens with two attached hydrogens (primary N) is 1. The van der Waals surface area contributed by atoms with E-state index in [1.54, 1.807) is 6.92 Å². The van der Waals surface area contributed by atoms with Gasteiger partial charge in [0.2, 0.25) is 5.91 Å². The molecule has 0 fully saturated rings. The van der Waals surface area contributed by atoms with Gasteiger partial charge in [0, 0.05) is 6.42 Å². The molecule has 0 spiro atoms. The maximum absolute atomic E-state index is 10.8. The summed E-state index contributed by atoms with van der Waals surface area (Å²) in [5.74, 6) is -0.708. The molecule has 70 valence electrons. The lowest BCUT2D eigenvalue weighted by molar-refractivity contribution is -0.145. The van der Waals surface area contributed by atoms with Gasteiger partial charge in [0.1, 0.15) is 0 Å². The highest BCUT2D eigenvalue weighted by atomic mass is 16.5. The van der Waals surface area contributed by atoms with E-state index in [-0.39, 0.29) is 17.8 Å². The largest absolute Gasteiger partial charge is 0.469 e. The fourth-order valence-corrected chi connectivity index (χ4v) is 0.902. The second-order valence-corrected chi connectivity index (χ2v) is 2.78. The minimum Gasteiger partial charge on any atom is -0.469 e. The van der Waals surface area contributed by atoms with E-state index >= 15 is 0 Å². The lowest BCUT2D eigenvalue weighted by atomic mass is 10.0. The Kier molecular flexibility index (Phi) is 5.08. The van der Waals surface area contributed by atoms with Crippen LogP contribution < -0.4 is 5.73 Å². The van der Waals surface area contributed by atoms with Gasteiger partial charge < -0.3 is 10.5 Å². The van der Waals surface area contributed by atoms with Gasteiger partial charge in [0.25, 0.3) is 0 Å². The molecule has 0 heterocycles. The number of rotatable bonds is 5. The molecule has 0 aliphatic carbocycles. The van der Waals surface area contributed by atoms with Crippen molar-refractivity contribution in [3.05, 3.63) is 0 Å². The summed E-state index contributed by atoms with van der Waals surface area (Å²) < 4.78 is 4.51.